The van der Waals surface area contributed by atoms with Crippen molar-refractivity contribution in [1.29, 1.82) is 0 Å². The number of aliphatic hydroxyl groups is 1. The first-order valence-electron chi connectivity index (χ1n) is 5.55. The fourth-order valence-electron chi connectivity index (χ4n) is 1.83. The predicted molar refractivity (Wildman–Crippen MR) is 61.7 cm³/mol. The molecule has 0 aliphatic rings. The summed E-state index contributed by atoms with van der Waals surface area (Å²) in [5.74, 6) is -1.92. The average molecular weight is 244 g/mol. The lowest BCUT2D eigenvalue weighted by Gasteiger charge is -2.25. The zero-order valence-electron chi connectivity index (χ0n) is 10.5. The van der Waals surface area contributed by atoms with E-state index in [2.05, 4.69) is 0 Å². The monoisotopic (exact) mass is 244 g/mol. The van der Waals surface area contributed by atoms with Crippen LogP contribution in [-0.2, 0) is 4.74 Å². The van der Waals surface area contributed by atoms with Crippen LogP contribution >= 0.6 is 0 Å². The topological polar surface area (TPSA) is 29.5 Å². The molecule has 1 rings (SSSR count). The van der Waals surface area contributed by atoms with Crippen LogP contribution in [0.2, 0.25) is 0 Å². The standard InChI is InChI=1S/C13H18F2O2/c1-7(2)13(17-4)12(16)9-6-5-8(3)10(14)11(9)15/h5-7,12-13,16H,1-4H3. The van der Waals surface area contributed by atoms with Gasteiger partial charge in [-0.15, -0.1) is 0 Å². The van der Waals surface area contributed by atoms with Gasteiger partial charge in [0.05, 0.1) is 6.10 Å². The highest BCUT2D eigenvalue weighted by atomic mass is 19.2. The van der Waals surface area contributed by atoms with E-state index in [-0.39, 0.29) is 17.0 Å². The molecule has 0 aromatic heterocycles. The van der Waals surface area contributed by atoms with Crippen molar-refractivity contribution in [2.24, 2.45) is 5.92 Å². The summed E-state index contributed by atoms with van der Waals surface area (Å²) in [5, 5.41) is 10.0. The SMILES string of the molecule is COC(C(C)C)C(O)c1ccc(C)c(F)c1F. The van der Waals surface area contributed by atoms with Gasteiger partial charge in [-0.05, 0) is 18.4 Å². The van der Waals surface area contributed by atoms with Gasteiger partial charge in [0.25, 0.3) is 0 Å². The highest BCUT2D eigenvalue weighted by Crippen LogP contribution is 2.28. The number of aryl methyl sites for hydroxylation is 1. The fourth-order valence-corrected chi connectivity index (χ4v) is 1.83. The number of aliphatic hydroxyl groups excluding tert-OH is 1. The molecule has 17 heavy (non-hydrogen) atoms. The Bertz CT molecular complexity index is 391. The van der Waals surface area contributed by atoms with E-state index in [0.29, 0.717) is 0 Å². The molecule has 4 heteroatoms. The minimum atomic E-state index is -1.17. The van der Waals surface area contributed by atoms with Gasteiger partial charge >= 0.3 is 0 Å². The summed E-state index contributed by atoms with van der Waals surface area (Å²) < 4.78 is 32.2. The normalized spacial score (nSPS) is 15.1. The molecule has 2 atom stereocenters. The summed E-state index contributed by atoms with van der Waals surface area (Å²) >= 11 is 0. The minimum Gasteiger partial charge on any atom is -0.386 e. The zero-order chi connectivity index (χ0) is 13.2. The van der Waals surface area contributed by atoms with Crippen LogP contribution in [0.25, 0.3) is 0 Å². The summed E-state index contributed by atoms with van der Waals surface area (Å²) in [6.45, 7) is 5.17. The van der Waals surface area contributed by atoms with Gasteiger partial charge in [0.1, 0.15) is 6.10 Å². The van der Waals surface area contributed by atoms with E-state index in [9.17, 15) is 13.9 Å². The van der Waals surface area contributed by atoms with Gasteiger partial charge in [-0.2, -0.15) is 0 Å². The van der Waals surface area contributed by atoms with E-state index in [4.69, 9.17) is 4.74 Å². The molecule has 0 heterocycles. The van der Waals surface area contributed by atoms with Crippen molar-refractivity contribution in [3.8, 4) is 0 Å². The summed E-state index contributed by atoms with van der Waals surface area (Å²) in [4.78, 5) is 0. The van der Waals surface area contributed by atoms with Crippen LogP contribution in [0.3, 0.4) is 0 Å². The first-order valence-corrected chi connectivity index (χ1v) is 5.55. The Labute approximate surface area is 100 Å². The van der Waals surface area contributed by atoms with E-state index in [1.54, 1.807) is 0 Å². The van der Waals surface area contributed by atoms with Crippen molar-refractivity contribution in [1.82, 2.24) is 0 Å². The summed E-state index contributed by atoms with van der Waals surface area (Å²) in [6.07, 6.45) is -1.73. The second kappa shape index (κ2) is 5.56. The van der Waals surface area contributed by atoms with E-state index >= 15 is 0 Å². The smallest absolute Gasteiger partial charge is 0.164 e. The molecule has 2 unspecified atom stereocenters. The number of halogens is 2. The summed E-state index contributed by atoms with van der Waals surface area (Å²) in [5.41, 5.74) is 0.158. The number of hydrogen-bond acceptors (Lipinski definition) is 2. The molecule has 0 saturated heterocycles. The predicted octanol–water partition coefficient (Wildman–Crippen LogP) is 2.98. The molecule has 96 valence electrons. The average Bonchev–Trinajstić information content (AvgIpc) is 2.26. The quantitative estimate of drug-likeness (QED) is 0.882. The van der Waals surface area contributed by atoms with Gasteiger partial charge in [0.2, 0.25) is 0 Å². The van der Waals surface area contributed by atoms with Gasteiger partial charge in [-0.25, -0.2) is 8.78 Å². The number of rotatable bonds is 4. The third-order valence-electron chi connectivity index (χ3n) is 2.86. The van der Waals surface area contributed by atoms with Crippen molar-refractivity contribution >= 4 is 0 Å². The summed E-state index contributed by atoms with van der Waals surface area (Å²) in [6, 6.07) is 2.84. The van der Waals surface area contributed by atoms with Crippen LogP contribution < -0.4 is 0 Å². The van der Waals surface area contributed by atoms with E-state index in [0.717, 1.165) is 0 Å². The lowest BCUT2D eigenvalue weighted by Crippen LogP contribution is -2.27. The van der Waals surface area contributed by atoms with Crippen molar-refractivity contribution in [2.45, 2.75) is 33.0 Å². The fraction of sp³-hybridized carbons (Fsp3) is 0.538. The molecule has 0 aliphatic carbocycles. The molecule has 0 amide bonds. The zero-order valence-corrected chi connectivity index (χ0v) is 10.5. The molecule has 0 aliphatic heterocycles. The van der Waals surface area contributed by atoms with E-state index < -0.39 is 23.8 Å². The van der Waals surface area contributed by atoms with Gasteiger partial charge in [0.15, 0.2) is 11.6 Å². The molecular weight excluding hydrogens is 226 g/mol. The Balaban J connectivity index is 3.12. The van der Waals surface area contributed by atoms with Gasteiger partial charge in [-0.1, -0.05) is 26.0 Å². The van der Waals surface area contributed by atoms with Crippen LogP contribution in [0, 0.1) is 24.5 Å². The van der Waals surface area contributed by atoms with Crippen LogP contribution in [-0.4, -0.2) is 18.3 Å². The lowest BCUT2D eigenvalue weighted by molar-refractivity contribution is -0.0407. The Morgan fingerprint density at radius 2 is 1.76 bits per heavy atom. The maximum absolute atomic E-state index is 13.7. The Morgan fingerprint density at radius 3 is 2.24 bits per heavy atom. The largest absolute Gasteiger partial charge is 0.386 e. The minimum absolute atomic E-state index is 0.00114. The maximum Gasteiger partial charge on any atom is 0.164 e. The summed E-state index contributed by atoms with van der Waals surface area (Å²) in [7, 11) is 1.44. The first kappa shape index (κ1) is 14.1. The molecular formula is C13H18F2O2. The van der Waals surface area contributed by atoms with Gasteiger partial charge in [-0.3, -0.25) is 0 Å². The van der Waals surface area contributed by atoms with E-state index in [1.807, 2.05) is 13.8 Å². The lowest BCUT2D eigenvalue weighted by atomic mass is 9.95. The van der Waals surface area contributed by atoms with Crippen LogP contribution in [0.4, 0.5) is 8.78 Å². The third-order valence-corrected chi connectivity index (χ3v) is 2.86. The molecule has 1 aromatic carbocycles. The van der Waals surface area contributed by atoms with Gasteiger partial charge < -0.3 is 9.84 Å². The van der Waals surface area contributed by atoms with E-state index in [1.165, 1.54) is 26.2 Å². The Kier molecular flexibility index (Phi) is 4.60. The van der Waals surface area contributed by atoms with Crippen LogP contribution in [0.5, 0.6) is 0 Å². The van der Waals surface area contributed by atoms with Crippen LogP contribution in [0.15, 0.2) is 12.1 Å². The number of benzene rings is 1. The van der Waals surface area contributed by atoms with Crippen molar-refractivity contribution < 1.29 is 18.6 Å². The number of ether oxygens (including phenoxy) is 1. The molecule has 2 nitrogen and oxygen atoms in total. The maximum atomic E-state index is 13.7. The number of methoxy groups -OCH3 is 1. The van der Waals surface area contributed by atoms with Gasteiger partial charge in [0, 0.05) is 12.7 Å². The Hall–Kier alpha value is -1.00. The molecule has 0 fully saturated rings. The highest BCUT2D eigenvalue weighted by Gasteiger charge is 2.27. The van der Waals surface area contributed by atoms with Crippen LogP contribution in [0.1, 0.15) is 31.1 Å². The first-order chi connectivity index (χ1) is 7.90. The molecule has 0 saturated carbocycles. The highest BCUT2D eigenvalue weighted by molar-refractivity contribution is 5.27. The second-order valence-corrected chi connectivity index (χ2v) is 4.49. The molecule has 0 bridgehead atoms. The Morgan fingerprint density at radius 1 is 1.18 bits per heavy atom. The molecule has 0 spiro atoms. The third kappa shape index (κ3) is 2.82. The van der Waals surface area contributed by atoms with Crippen molar-refractivity contribution in [2.75, 3.05) is 7.11 Å². The number of hydrogen-bond donors (Lipinski definition) is 1. The molecule has 1 N–H and O–H groups in total. The molecule has 1 aromatic rings. The van der Waals surface area contributed by atoms with Crippen molar-refractivity contribution in [3.63, 3.8) is 0 Å². The van der Waals surface area contributed by atoms with Crippen molar-refractivity contribution in [3.05, 3.63) is 34.9 Å². The second-order valence-electron chi connectivity index (χ2n) is 4.49. The molecule has 0 radical (unpaired) electrons.